The maximum atomic E-state index is 13.3. The number of pyridine rings is 1. The molecule has 2 atom stereocenters. The van der Waals surface area contributed by atoms with E-state index in [4.69, 9.17) is 5.73 Å². The van der Waals surface area contributed by atoms with Gasteiger partial charge in [0.2, 0.25) is 5.91 Å². The van der Waals surface area contributed by atoms with Gasteiger partial charge in [-0.05, 0) is 37.7 Å². The molecular weight excluding hydrogens is 361 g/mol. The molecule has 1 aliphatic carbocycles. The first-order valence-corrected chi connectivity index (χ1v) is 8.60. The number of fused-ring (bicyclic) bond motifs is 1. The number of alkyl halides is 3. The molecule has 1 saturated carbocycles. The second kappa shape index (κ2) is 6.03. The second-order valence-corrected chi connectivity index (χ2v) is 7.82. The Balaban J connectivity index is 1.98. The Kier molecular flexibility index (Phi) is 4.32. The lowest BCUT2D eigenvalue weighted by molar-refractivity contribution is -0.136. The fourth-order valence-electron chi connectivity index (χ4n) is 4.01. The van der Waals surface area contributed by atoms with Gasteiger partial charge in [-0.15, -0.1) is 5.10 Å². The van der Waals surface area contributed by atoms with E-state index < -0.39 is 17.6 Å². The van der Waals surface area contributed by atoms with Crippen LogP contribution in [0, 0.1) is 24.2 Å². The highest BCUT2D eigenvalue weighted by atomic mass is 19.4. The van der Waals surface area contributed by atoms with Gasteiger partial charge in [0, 0.05) is 18.0 Å². The van der Waals surface area contributed by atoms with Crippen LogP contribution in [0.3, 0.4) is 0 Å². The van der Waals surface area contributed by atoms with Crippen molar-refractivity contribution in [1.82, 2.24) is 14.8 Å². The van der Waals surface area contributed by atoms with E-state index in [9.17, 15) is 22.8 Å². The van der Waals surface area contributed by atoms with Crippen LogP contribution in [0.2, 0.25) is 0 Å². The number of rotatable bonds is 3. The molecule has 0 aromatic carbocycles. The number of aromatic nitrogens is 3. The molecule has 2 aromatic rings. The van der Waals surface area contributed by atoms with E-state index in [1.165, 1.54) is 13.8 Å². The fraction of sp³-hybridized carbons (Fsp3) is 0.556. The fourth-order valence-corrected chi connectivity index (χ4v) is 4.01. The first-order valence-electron chi connectivity index (χ1n) is 8.60. The highest BCUT2D eigenvalue weighted by Crippen LogP contribution is 2.53. The Morgan fingerprint density at radius 2 is 2.00 bits per heavy atom. The van der Waals surface area contributed by atoms with Crippen LogP contribution in [0.4, 0.5) is 19.0 Å². The topological polar surface area (TPSA) is 90.9 Å². The largest absolute Gasteiger partial charge is 0.417 e. The summed E-state index contributed by atoms with van der Waals surface area (Å²) < 4.78 is 40.9. The van der Waals surface area contributed by atoms with Crippen LogP contribution in [0.1, 0.15) is 49.7 Å². The van der Waals surface area contributed by atoms with Crippen molar-refractivity contribution in [3.05, 3.63) is 17.3 Å². The van der Waals surface area contributed by atoms with Gasteiger partial charge in [-0.2, -0.15) is 17.9 Å². The highest BCUT2D eigenvalue weighted by molar-refractivity contribution is 5.97. The van der Waals surface area contributed by atoms with Crippen molar-refractivity contribution >= 4 is 28.5 Å². The van der Waals surface area contributed by atoms with Crippen LogP contribution < -0.4 is 5.73 Å². The molecule has 0 aliphatic heterocycles. The summed E-state index contributed by atoms with van der Waals surface area (Å²) in [6, 6.07) is 0.891. The number of halogens is 3. The van der Waals surface area contributed by atoms with Crippen LogP contribution in [-0.2, 0) is 11.0 Å². The Bertz CT molecular complexity index is 946. The molecule has 9 heteroatoms. The number of hydrogen-bond donors (Lipinski definition) is 1. The van der Waals surface area contributed by atoms with Crippen LogP contribution in [-0.4, -0.2) is 26.5 Å². The molecule has 6 nitrogen and oxygen atoms in total. The molecular formula is C18H21F3N4O2. The zero-order valence-electron chi connectivity index (χ0n) is 15.5. The third-order valence-corrected chi connectivity index (χ3v) is 5.72. The number of nitrogens with zero attached hydrogens (tertiary/aromatic N) is 3. The van der Waals surface area contributed by atoms with Crippen molar-refractivity contribution in [2.24, 2.45) is 17.3 Å². The summed E-state index contributed by atoms with van der Waals surface area (Å²) in [5, 5.41) is 3.47. The van der Waals surface area contributed by atoms with Crippen LogP contribution in [0.5, 0.6) is 0 Å². The van der Waals surface area contributed by atoms with Crippen LogP contribution >= 0.6 is 0 Å². The SMILES string of the molecule is CC(=O)C1CC(CC(=O)n2nc(N)c3c(C(F)(F)F)cc(C)nc32)C1(C)C. The summed E-state index contributed by atoms with van der Waals surface area (Å²) in [6.07, 6.45) is -4.01. The smallest absolute Gasteiger partial charge is 0.382 e. The van der Waals surface area contributed by atoms with E-state index in [-0.39, 0.29) is 52.0 Å². The predicted octanol–water partition coefficient (Wildman–Crippen LogP) is 3.62. The number of nitrogens with two attached hydrogens (primary N) is 1. The molecule has 2 heterocycles. The lowest BCUT2D eigenvalue weighted by Crippen LogP contribution is -2.49. The Morgan fingerprint density at radius 3 is 2.52 bits per heavy atom. The van der Waals surface area contributed by atoms with Crippen molar-refractivity contribution in [1.29, 1.82) is 0 Å². The summed E-state index contributed by atoms with van der Waals surface area (Å²) in [5.74, 6) is -0.974. The van der Waals surface area contributed by atoms with E-state index in [1.807, 2.05) is 13.8 Å². The molecule has 0 radical (unpaired) electrons. The van der Waals surface area contributed by atoms with E-state index in [0.29, 0.717) is 6.42 Å². The number of hydrogen-bond acceptors (Lipinski definition) is 5. The van der Waals surface area contributed by atoms with Crippen LogP contribution in [0.25, 0.3) is 11.0 Å². The number of nitrogen functional groups attached to an aromatic ring is 1. The number of carbonyl (C=O) groups is 2. The molecule has 146 valence electrons. The number of Topliss-reactive ketones (excluding diaryl/α,β-unsaturated/α-hetero) is 1. The van der Waals surface area contributed by atoms with Gasteiger partial charge >= 0.3 is 6.18 Å². The normalized spacial score (nSPS) is 21.9. The summed E-state index contributed by atoms with van der Waals surface area (Å²) in [5.41, 5.74) is 4.30. The predicted molar refractivity (Wildman–Crippen MR) is 93.0 cm³/mol. The van der Waals surface area contributed by atoms with Crippen molar-refractivity contribution in [2.75, 3.05) is 5.73 Å². The third kappa shape index (κ3) is 3.08. The van der Waals surface area contributed by atoms with E-state index in [0.717, 1.165) is 10.7 Å². The van der Waals surface area contributed by atoms with E-state index in [2.05, 4.69) is 10.1 Å². The minimum absolute atomic E-state index is 0.0595. The first-order chi connectivity index (χ1) is 12.3. The van der Waals surface area contributed by atoms with Crippen molar-refractivity contribution in [3.8, 4) is 0 Å². The summed E-state index contributed by atoms with van der Waals surface area (Å²) in [7, 11) is 0. The summed E-state index contributed by atoms with van der Waals surface area (Å²) in [4.78, 5) is 28.5. The van der Waals surface area contributed by atoms with Crippen LogP contribution in [0.15, 0.2) is 6.07 Å². The molecule has 1 aliphatic rings. The zero-order valence-corrected chi connectivity index (χ0v) is 15.5. The number of aryl methyl sites for hydroxylation is 1. The number of ketones is 1. The maximum Gasteiger partial charge on any atom is 0.417 e. The molecule has 3 rings (SSSR count). The average Bonchev–Trinajstić information content (AvgIpc) is 2.85. The standard InChI is InChI=1S/C18H21F3N4O2/c1-8-5-12(18(19,20)21)14-15(22)24-25(16(14)23-8)13(27)7-10-6-11(9(2)26)17(10,3)4/h5,10-11H,6-7H2,1-4H3,(H2,22,24). The molecule has 0 saturated heterocycles. The van der Waals surface area contributed by atoms with E-state index in [1.54, 1.807) is 0 Å². The van der Waals surface area contributed by atoms with Gasteiger partial charge in [0.25, 0.3) is 0 Å². The molecule has 1 fully saturated rings. The summed E-state index contributed by atoms with van der Waals surface area (Å²) in [6.45, 7) is 6.77. The molecule has 0 bridgehead atoms. The van der Waals surface area contributed by atoms with Gasteiger partial charge in [0.1, 0.15) is 5.78 Å². The van der Waals surface area contributed by atoms with Crippen molar-refractivity contribution < 1.29 is 22.8 Å². The number of carbonyl (C=O) groups excluding carboxylic acids is 2. The molecule has 2 unspecified atom stereocenters. The third-order valence-electron chi connectivity index (χ3n) is 5.72. The lowest BCUT2D eigenvalue weighted by atomic mass is 9.52. The Morgan fingerprint density at radius 1 is 1.37 bits per heavy atom. The highest BCUT2D eigenvalue weighted by Gasteiger charge is 2.50. The zero-order chi connectivity index (χ0) is 20.3. The van der Waals surface area contributed by atoms with Gasteiger partial charge in [-0.3, -0.25) is 9.59 Å². The van der Waals surface area contributed by atoms with Gasteiger partial charge in [-0.1, -0.05) is 13.8 Å². The molecule has 2 N–H and O–H groups in total. The van der Waals surface area contributed by atoms with Crippen molar-refractivity contribution in [3.63, 3.8) is 0 Å². The van der Waals surface area contributed by atoms with Gasteiger partial charge < -0.3 is 5.73 Å². The molecule has 0 spiro atoms. The van der Waals surface area contributed by atoms with Crippen molar-refractivity contribution in [2.45, 2.75) is 46.7 Å². The summed E-state index contributed by atoms with van der Waals surface area (Å²) >= 11 is 0. The van der Waals surface area contributed by atoms with Gasteiger partial charge in [0.15, 0.2) is 11.5 Å². The second-order valence-electron chi connectivity index (χ2n) is 7.82. The lowest BCUT2D eigenvalue weighted by Gasteiger charge is -2.51. The Labute approximate surface area is 153 Å². The quantitative estimate of drug-likeness (QED) is 0.875. The molecule has 27 heavy (non-hydrogen) atoms. The van der Waals surface area contributed by atoms with Gasteiger partial charge in [0.05, 0.1) is 10.9 Å². The minimum Gasteiger partial charge on any atom is -0.382 e. The molecule has 0 amide bonds. The average molecular weight is 382 g/mol. The minimum atomic E-state index is -4.64. The van der Waals surface area contributed by atoms with Gasteiger partial charge in [-0.25, -0.2) is 4.98 Å². The molecule has 2 aromatic heterocycles. The Hall–Kier alpha value is -2.45. The maximum absolute atomic E-state index is 13.3. The first kappa shape index (κ1) is 19.3. The van der Waals surface area contributed by atoms with E-state index >= 15 is 0 Å². The number of anilines is 1. The monoisotopic (exact) mass is 382 g/mol.